The van der Waals surface area contributed by atoms with E-state index in [0.29, 0.717) is 29.9 Å². The van der Waals surface area contributed by atoms with Gasteiger partial charge in [-0.05, 0) is 68.7 Å². The largest absolute Gasteiger partial charge is 0.494 e. The fourth-order valence-electron chi connectivity index (χ4n) is 4.49. The van der Waals surface area contributed by atoms with E-state index in [1.807, 2.05) is 50.2 Å². The minimum atomic E-state index is -0.461. The third-order valence-corrected chi connectivity index (χ3v) is 6.54. The van der Waals surface area contributed by atoms with Crippen LogP contribution in [0.1, 0.15) is 44.2 Å². The first-order valence-corrected chi connectivity index (χ1v) is 12.1. The zero-order valence-electron chi connectivity index (χ0n) is 19.7. The smallest absolute Gasteiger partial charge is 0.322 e. The molecule has 0 aliphatic carbocycles. The van der Waals surface area contributed by atoms with Crippen molar-refractivity contribution in [2.75, 3.05) is 19.8 Å². The van der Waals surface area contributed by atoms with Crippen LogP contribution >= 0.6 is 11.6 Å². The number of ether oxygens (including phenoxy) is 2. The molecule has 2 aliphatic rings. The third kappa shape index (κ3) is 4.90. The Balaban J connectivity index is 1.54. The Morgan fingerprint density at radius 1 is 1.17 bits per heavy atom. The lowest BCUT2D eigenvalue weighted by molar-refractivity contribution is 0.0877. The maximum Gasteiger partial charge on any atom is 0.322 e. The van der Waals surface area contributed by atoms with E-state index in [2.05, 4.69) is 15.5 Å². The Morgan fingerprint density at radius 3 is 2.63 bits per heavy atom. The molecule has 35 heavy (non-hydrogen) atoms. The molecule has 5 rings (SSSR count). The molecule has 1 N–H and O–H groups in total. The molecule has 0 bridgehead atoms. The van der Waals surface area contributed by atoms with Crippen LogP contribution in [-0.4, -0.2) is 46.9 Å². The van der Waals surface area contributed by atoms with Crippen molar-refractivity contribution in [1.29, 1.82) is 0 Å². The van der Waals surface area contributed by atoms with E-state index in [1.165, 1.54) is 0 Å². The molecule has 0 spiro atoms. The highest BCUT2D eigenvalue weighted by molar-refractivity contribution is 6.30. The number of hydrogen-bond donors (Lipinski definition) is 1. The highest BCUT2D eigenvalue weighted by atomic mass is 35.5. The number of carbonyl (C=O) groups excluding carboxylic acids is 1. The lowest BCUT2D eigenvalue weighted by Gasteiger charge is -2.36. The Labute approximate surface area is 208 Å². The van der Waals surface area contributed by atoms with Crippen molar-refractivity contribution in [1.82, 2.24) is 20.4 Å². The zero-order valence-corrected chi connectivity index (χ0v) is 20.4. The van der Waals surface area contributed by atoms with Crippen molar-refractivity contribution in [3.8, 4) is 17.1 Å². The predicted molar refractivity (Wildman–Crippen MR) is 132 cm³/mol. The molecule has 8 nitrogen and oxygen atoms in total. The summed E-state index contributed by atoms with van der Waals surface area (Å²) in [6.45, 7) is 5.62. The summed E-state index contributed by atoms with van der Waals surface area (Å²) in [7, 11) is 0. The highest BCUT2D eigenvalue weighted by Gasteiger charge is 2.37. The summed E-state index contributed by atoms with van der Waals surface area (Å²) in [6, 6.07) is 14.3. The van der Waals surface area contributed by atoms with Crippen LogP contribution in [0.2, 0.25) is 5.02 Å². The van der Waals surface area contributed by atoms with Crippen LogP contribution in [0, 0.1) is 0 Å². The molecule has 3 aromatic rings. The number of hydrogen-bond acceptors (Lipinski definition) is 6. The third-order valence-electron chi connectivity index (χ3n) is 6.29. The Kier molecular flexibility index (Phi) is 6.74. The molecule has 2 aliphatic heterocycles. The second-order valence-electron chi connectivity index (χ2n) is 8.56. The average molecular weight is 495 g/mol. The van der Waals surface area contributed by atoms with Crippen LogP contribution < -0.4 is 10.1 Å². The van der Waals surface area contributed by atoms with E-state index in [1.54, 1.807) is 17.0 Å². The van der Waals surface area contributed by atoms with Crippen molar-refractivity contribution < 1.29 is 18.8 Å². The molecule has 182 valence electrons. The van der Waals surface area contributed by atoms with Gasteiger partial charge in [-0.2, -0.15) is 4.98 Å². The van der Waals surface area contributed by atoms with Crippen LogP contribution in [0.4, 0.5) is 4.79 Å². The molecule has 3 heterocycles. The number of allylic oxidation sites excluding steroid dienone is 1. The van der Waals surface area contributed by atoms with Gasteiger partial charge >= 0.3 is 6.03 Å². The maximum absolute atomic E-state index is 13.2. The number of halogens is 1. The lowest BCUT2D eigenvalue weighted by atomic mass is 9.94. The maximum atomic E-state index is 13.2. The topological polar surface area (TPSA) is 89.7 Å². The fourth-order valence-corrected chi connectivity index (χ4v) is 4.62. The number of urea groups is 1. The molecule has 2 unspecified atom stereocenters. The molecular formula is C26H27ClN4O4. The van der Waals surface area contributed by atoms with Gasteiger partial charge in [-0.15, -0.1) is 0 Å². The van der Waals surface area contributed by atoms with Crippen LogP contribution in [0.15, 0.2) is 58.8 Å². The van der Waals surface area contributed by atoms with Crippen LogP contribution in [0.3, 0.4) is 0 Å². The van der Waals surface area contributed by atoms with Gasteiger partial charge in [-0.3, -0.25) is 4.90 Å². The summed E-state index contributed by atoms with van der Waals surface area (Å²) in [4.78, 5) is 19.6. The summed E-state index contributed by atoms with van der Waals surface area (Å²) in [6.07, 6.45) is 1.93. The number of amides is 2. The van der Waals surface area contributed by atoms with Crippen LogP contribution in [0.25, 0.3) is 17.0 Å². The van der Waals surface area contributed by atoms with E-state index < -0.39 is 6.04 Å². The lowest BCUT2D eigenvalue weighted by Crippen LogP contribution is -2.48. The number of rotatable bonds is 7. The molecule has 1 aromatic heterocycles. The summed E-state index contributed by atoms with van der Waals surface area (Å²) in [5.41, 5.74) is 3.18. The second kappa shape index (κ2) is 10.1. The van der Waals surface area contributed by atoms with Crippen LogP contribution in [0.5, 0.6) is 5.75 Å². The van der Waals surface area contributed by atoms with Gasteiger partial charge in [0.1, 0.15) is 5.75 Å². The SMILES string of the molecule is CCOc1ccc(C2NC(=O)N(CC3CCCO3)C(C)=C2c2nc(-c3ccc(Cl)cc3)no2)cc1. The summed E-state index contributed by atoms with van der Waals surface area (Å²) >= 11 is 6.03. The minimum Gasteiger partial charge on any atom is -0.494 e. The van der Waals surface area contributed by atoms with Crippen LogP contribution in [-0.2, 0) is 4.74 Å². The number of aromatic nitrogens is 2. The average Bonchev–Trinajstić information content (AvgIpc) is 3.55. The quantitative estimate of drug-likeness (QED) is 0.468. The van der Waals surface area contributed by atoms with E-state index in [9.17, 15) is 4.79 Å². The first-order valence-electron chi connectivity index (χ1n) is 11.8. The van der Waals surface area contributed by atoms with Gasteiger partial charge in [0.05, 0.1) is 30.9 Å². The van der Waals surface area contributed by atoms with Gasteiger partial charge in [0.2, 0.25) is 5.82 Å². The first-order chi connectivity index (χ1) is 17.0. The van der Waals surface area contributed by atoms with Crippen molar-refractivity contribution >= 4 is 23.2 Å². The normalized spacial score (nSPS) is 20.3. The van der Waals surface area contributed by atoms with Gasteiger partial charge in [0.25, 0.3) is 5.89 Å². The molecule has 1 fully saturated rings. The van der Waals surface area contributed by atoms with Crippen molar-refractivity contribution in [2.24, 2.45) is 0 Å². The van der Waals surface area contributed by atoms with Gasteiger partial charge in [-0.1, -0.05) is 28.9 Å². The standard InChI is InChI=1S/C26H27ClN4O4/c1-3-33-20-12-8-17(9-13-20)23-22(16(2)31(26(32)28-23)15-21-5-4-14-34-21)25-29-24(30-35-25)18-6-10-19(27)11-7-18/h6-13,21,23H,3-5,14-15H2,1-2H3,(H,28,32). The van der Waals surface area contributed by atoms with E-state index in [-0.39, 0.29) is 12.1 Å². The van der Waals surface area contributed by atoms with E-state index in [0.717, 1.165) is 47.6 Å². The van der Waals surface area contributed by atoms with E-state index in [4.69, 9.17) is 25.6 Å². The number of nitrogens with zero attached hydrogens (tertiary/aromatic N) is 3. The van der Waals surface area contributed by atoms with E-state index >= 15 is 0 Å². The molecule has 9 heteroatoms. The number of benzene rings is 2. The Morgan fingerprint density at radius 2 is 1.94 bits per heavy atom. The highest BCUT2D eigenvalue weighted by Crippen LogP contribution is 2.38. The minimum absolute atomic E-state index is 0.00582. The van der Waals surface area contributed by atoms with Crippen molar-refractivity contribution in [3.63, 3.8) is 0 Å². The summed E-state index contributed by atoms with van der Waals surface area (Å²) in [5.74, 6) is 1.57. The number of carbonyl (C=O) groups is 1. The van der Waals surface area contributed by atoms with Crippen molar-refractivity contribution in [3.05, 3.63) is 70.7 Å². The molecule has 0 radical (unpaired) electrons. The molecule has 2 amide bonds. The zero-order chi connectivity index (χ0) is 24.4. The molecule has 2 aromatic carbocycles. The Bertz CT molecular complexity index is 1220. The van der Waals surface area contributed by atoms with Gasteiger partial charge < -0.3 is 19.3 Å². The van der Waals surface area contributed by atoms with Crippen molar-refractivity contribution in [2.45, 2.75) is 38.8 Å². The molecule has 0 saturated carbocycles. The summed E-state index contributed by atoms with van der Waals surface area (Å²) in [5, 5.41) is 7.96. The first kappa shape index (κ1) is 23.4. The van der Waals surface area contributed by atoms with Gasteiger partial charge in [0, 0.05) is 22.9 Å². The molecule has 1 saturated heterocycles. The van der Waals surface area contributed by atoms with Gasteiger partial charge in [-0.25, -0.2) is 4.79 Å². The van der Waals surface area contributed by atoms with Gasteiger partial charge in [0.15, 0.2) is 0 Å². The summed E-state index contributed by atoms with van der Waals surface area (Å²) < 4.78 is 17.1. The molecular weight excluding hydrogens is 468 g/mol. The number of nitrogens with one attached hydrogen (secondary N) is 1. The monoisotopic (exact) mass is 494 g/mol. The second-order valence-corrected chi connectivity index (χ2v) is 9.00. The Hall–Kier alpha value is -3.36. The molecule has 2 atom stereocenters. The fraction of sp³-hybridized carbons (Fsp3) is 0.346. The predicted octanol–water partition coefficient (Wildman–Crippen LogP) is 5.47.